The summed E-state index contributed by atoms with van der Waals surface area (Å²) in [5.74, 6) is 0.755. The third-order valence-electron chi connectivity index (χ3n) is 2.15. The maximum absolute atomic E-state index is 11.2. The van der Waals surface area contributed by atoms with Crippen LogP contribution in [-0.2, 0) is 0 Å². The average molecular weight is 217 g/mol. The number of nitrogens with two attached hydrogens (primary N) is 1. The van der Waals surface area contributed by atoms with Crippen LogP contribution in [0.25, 0.3) is 0 Å². The number of ether oxygens (including phenoxy) is 1. The molecule has 0 aliphatic heterocycles. The highest BCUT2D eigenvalue weighted by Gasteiger charge is 2.07. The van der Waals surface area contributed by atoms with Gasteiger partial charge in [0.25, 0.3) is 5.56 Å². The Balaban J connectivity index is 2.38. The Morgan fingerprint density at radius 3 is 2.88 bits per heavy atom. The van der Waals surface area contributed by atoms with Crippen LogP contribution in [0.5, 0.6) is 11.6 Å². The fourth-order valence-electron chi connectivity index (χ4n) is 1.25. The molecule has 0 unspecified atom stereocenters. The van der Waals surface area contributed by atoms with Crippen LogP contribution < -0.4 is 16.0 Å². The standard InChI is InChI=1S/C11H11N3O2/c1-7-4-2-3-5-8(7)16-11-9(12)10(15)13-6-14-11/h2-6H,12H2,1H3,(H,13,14,15). The zero-order valence-corrected chi connectivity index (χ0v) is 8.73. The first-order valence-corrected chi connectivity index (χ1v) is 4.75. The van der Waals surface area contributed by atoms with Gasteiger partial charge in [0, 0.05) is 0 Å². The van der Waals surface area contributed by atoms with E-state index in [4.69, 9.17) is 10.5 Å². The monoisotopic (exact) mass is 217 g/mol. The van der Waals surface area contributed by atoms with Crippen molar-refractivity contribution in [2.24, 2.45) is 0 Å². The molecule has 0 bridgehead atoms. The van der Waals surface area contributed by atoms with Gasteiger partial charge in [-0.25, -0.2) is 4.98 Å². The number of hydrogen-bond acceptors (Lipinski definition) is 4. The minimum absolute atomic E-state index is 0.0225. The number of benzene rings is 1. The summed E-state index contributed by atoms with van der Waals surface area (Å²) in [6.07, 6.45) is 1.26. The maximum Gasteiger partial charge on any atom is 0.277 e. The second-order valence-corrected chi connectivity index (χ2v) is 3.32. The zero-order valence-electron chi connectivity index (χ0n) is 8.73. The molecule has 0 atom stereocenters. The predicted molar refractivity (Wildman–Crippen MR) is 60.5 cm³/mol. The molecule has 0 aliphatic carbocycles. The summed E-state index contributed by atoms with van der Waals surface area (Å²) in [6.45, 7) is 1.90. The van der Waals surface area contributed by atoms with Gasteiger partial charge in [-0.3, -0.25) is 4.79 Å². The van der Waals surface area contributed by atoms with E-state index in [1.807, 2.05) is 25.1 Å². The van der Waals surface area contributed by atoms with E-state index >= 15 is 0 Å². The van der Waals surface area contributed by atoms with Crippen molar-refractivity contribution >= 4 is 5.69 Å². The fraction of sp³-hybridized carbons (Fsp3) is 0.0909. The van der Waals surface area contributed by atoms with Crippen LogP contribution in [0.15, 0.2) is 35.4 Å². The largest absolute Gasteiger partial charge is 0.437 e. The van der Waals surface area contributed by atoms with E-state index in [0.29, 0.717) is 5.75 Å². The number of aromatic amines is 1. The van der Waals surface area contributed by atoms with Crippen LogP contribution in [0.3, 0.4) is 0 Å². The molecule has 3 N–H and O–H groups in total. The van der Waals surface area contributed by atoms with Gasteiger partial charge in [-0.05, 0) is 18.6 Å². The van der Waals surface area contributed by atoms with Crippen LogP contribution in [0.4, 0.5) is 5.69 Å². The third-order valence-corrected chi connectivity index (χ3v) is 2.15. The molecular weight excluding hydrogens is 206 g/mol. The number of nitrogens with one attached hydrogen (secondary N) is 1. The predicted octanol–water partition coefficient (Wildman–Crippen LogP) is 1.45. The number of hydrogen-bond donors (Lipinski definition) is 2. The molecule has 2 rings (SSSR count). The summed E-state index contributed by atoms with van der Waals surface area (Å²) in [5.41, 5.74) is 6.07. The number of nitrogen functional groups attached to an aromatic ring is 1. The highest BCUT2D eigenvalue weighted by molar-refractivity contribution is 5.47. The van der Waals surface area contributed by atoms with E-state index in [1.165, 1.54) is 6.33 Å². The second-order valence-electron chi connectivity index (χ2n) is 3.32. The maximum atomic E-state index is 11.2. The Labute approximate surface area is 91.9 Å². The van der Waals surface area contributed by atoms with Gasteiger partial charge in [-0.2, -0.15) is 0 Å². The van der Waals surface area contributed by atoms with Crippen molar-refractivity contribution in [1.82, 2.24) is 9.97 Å². The fourth-order valence-corrected chi connectivity index (χ4v) is 1.25. The lowest BCUT2D eigenvalue weighted by atomic mass is 10.2. The molecule has 16 heavy (non-hydrogen) atoms. The van der Waals surface area contributed by atoms with E-state index in [1.54, 1.807) is 6.07 Å². The number of anilines is 1. The molecule has 5 nitrogen and oxygen atoms in total. The van der Waals surface area contributed by atoms with Gasteiger partial charge in [0.15, 0.2) is 5.69 Å². The van der Waals surface area contributed by atoms with Crippen molar-refractivity contribution in [1.29, 1.82) is 0 Å². The first kappa shape index (κ1) is 10.2. The molecule has 0 saturated carbocycles. The average Bonchev–Trinajstić information content (AvgIpc) is 2.28. The molecule has 5 heteroatoms. The molecule has 1 heterocycles. The van der Waals surface area contributed by atoms with Crippen LogP contribution in [0, 0.1) is 6.92 Å². The summed E-state index contributed by atoms with van der Waals surface area (Å²) < 4.78 is 5.46. The SMILES string of the molecule is Cc1ccccc1Oc1nc[nH]c(=O)c1N. The van der Waals surface area contributed by atoms with Crippen LogP contribution in [0.1, 0.15) is 5.56 Å². The van der Waals surface area contributed by atoms with Crippen LogP contribution in [0.2, 0.25) is 0 Å². The number of H-pyrrole nitrogens is 1. The van der Waals surface area contributed by atoms with Crippen molar-refractivity contribution in [2.75, 3.05) is 5.73 Å². The molecule has 0 aliphatic rings. The van der Waals surface area contributed by atoms with Crippen molar-refractivity contribution in [3.63, 3.8) is 0 Å². The van der Waals surface area contributed by atoms with Crippen molar-refractivity contribution in [3.05, 3.63) is 46.5 Å². The molecule has 0 radical (unpaired) electrons. The van der Waals surface area contributed by atoms with E-state index in [9.17, 15) is 4.79 Å². The van der Waals surface area contributed by atoms with E-state index in [0.717, 1.165) is 5.56 Å². The van der Waals surface area contributed by atoms with Gasteiger partial charge < -0.3 is 15.5 Å². The van der Waals surface area contributed by atoms with Crippen LogP contribution >= 0.6 is 0 Å². The number of aryl methyl sites for hydroxylation is 1. The van der Waals surface area contributed by atoms with E-state index < -0.39 is 5.56 Å². The summed E-state index contributed by atoms with van der Waals surface area (Å²) in [7, 11) is 0. The second kappa shape index (κ2) is 4.06. The van der Waals surface area contributed by atoms with Crippen molar-refractivity contribution in [3.8, 4) is 11.6 Å². The molecule has 2 aromatic rings. The van der Waals surface area contributed by atoms with Crippen molar-refractivity contribution < 1.29 is 4.74 Å². The molecule has 1 aromatic carbocycles. The topological polar surface area (TPSA) is 81.0 Å². The Morgan fingerprint density at radius 1 is 1.38 bits per heavy atom. The highest BCUT2D eigenvalue weighted by Crippen LogP contribution is 2.24. The number of para-hydroxylation sites is 1. The molecule has 1 aromatic heterocycles. The van der Waals surface area contributed by atoms with Gasteiger partial charge in [0.2, 0.25) is 5.88 Å². The minimum Gasteiger partial charge on any atom is -0.437 e. The van der Waals surface area contributed by atoms with Crippen molar-refractivity contribution in [2.45, 2.75) is 6.92 Å². The Morgan fingerprint density at radius 2 is 2.12 bits per heavy atom. The van der Waals surface area contributed by atoms with E-state index in [2.05, 4.69) is 9.97 Å². The van der Waals surface area contributed by atoms with Gasteiger partial charge >= 0.3 is 0 Å². The van der Waals surface area contributed by atoms with Gasteiger partial charge in [-0.1, -0.05) is 18.2 Å². The highest BCUT2D eigenvalue weighted by atomic mass is 16.5. The normalized spacial score (nSPS) is 10.1. The zero-order chi connectivity index (χ0) is 11.5. The quantitative estimate of drug-likeness (QED) is 0.797. The minimum atomic E-state index is -0.404. The summed E-state index contributed by atoms with van der Waals surface area (Å²) in [4.78, 5) is 17.5. The lowest BCUT2D eigenvalue weighted by molar-refractivity contribution is 0.460. The smallest absolute Gasteiger partial charge is 0.277 e. The molecule has 0 amide bonds. The molecule has 82 valence electrons. The molecule has 0 saturated heterocycles. The lowest BCUT2D eigenvalue weighted by Gasteiger charge is -2.08. The summed E-state index contributed by atoms with van der Waals surface area (Å²) in [6, 6.07) is 7.43. The summed E-state index contributed by atoms with van der Waals surface area (Å²) >= 11 is 0. The molecular formula is C11H11N3O2. The lowest BCUT2D eigenvalue weighted by Crippen LogP contribution is -2.13. The molecule has 0 spiro atoms. The van der Waals surface area contributed by atoms with Gasteiger partial charge in [0.05, 0.1) is 6.33 Å². The van der Waals surface area contributed by atoms with Gasteiger partial charge in [0.1, 0.15) is 5.75 Å². The number of rotatable bonds is 2. The van der Waals surface area contributed by atoms with Crippen LogP contribution in [-0.4, -0.2) is 9.97 Å². The Bertz CT molecular complexity index is 563. The first-order valence-electron chi connectivity index (χ1n) is 4.75. The Kier molecular flexibility index (Phi) is 2.59. The number of aromatic nitrogens is 2. The third kappa shape index (κ3) is 1.88. The summed E-state index contributed by atoms with van der Waals surface area (Å²) in [5, 5.41) is 0. The molecule has 0 fully saturated rings. The van der Waals surface area contributed by atoms with E-state index in [-0.39, 0.29) is 11.6 Å². The Hall–Kier alpha value is -2.30. The number of nitrogens with zero attached hydrogens (tertiary/aromatic N) is 1. The first-order chi connectivity index (χ1) is 7.68. The van der Waals surface area contributed by atoms with Gasteiger partial charge in [-0.15, -0.1) is 0 Å².